The summed E-state index contributed by atoms with van der Waals surface area (Å²) < 4.78 is 2.37. The lowest BCUT2D eigenvalue weighted by Crippen LogP contribution is -2.28. The Morgan fingerprint density at radius 3 is 2.00 bits per heavy atom. The van der Waals surface area contributed by atoms with Crippen LogP contribution >= 0.6 is 0 Å². The van der Waals surface area contributed by atoms with E-state index in [-0.39, 0.29) is 0 Å². The van der Waals surface area contributed by atoms with Crippen molar-refractivity contribution < 1.29 is 0 Å². The summed E-state index contributed by atoms with van der Waals surface area (Å²) in [5.41, 5.74) is 13.8. The molecule has 1 aliphatic carbocycles. The molecule has 0 spiro atoms. The minimum atomic E-state index is -0.452. The standard InChI is InChI=1S/C41H27N3/c1-3-14-30(15-4-1)41(31-16-5-2-6-17-31)36-20-8-7-19-33(36)34-26-39-35(25-37(34)41)40-38(21-11-23-43-40)44(39)32-18-9-12-28(24-32)29-13-10-22-42-27-29/h1-27H. The summed E-state index contributed by atoms with van der Waals surface area (Å²) in [6, 6.07) is 52.7. The lowest BCUT2D eigenvalue weighted by molar-refractivity contribution is 0.769. The molecular weight excluding hydrogens is 534 g/mol. The monoisotopic (exact) mass is 561 g/mol. The van der Waals surface area contributed by atoms with Crippen LogP contribution in [0.2, 0.25) is 0 Å². The third kappa shape index (κ3) is 3.44. The number of fused-ring (bicyclic) bond motifs is 6. The van der Waals surface area contributed by atoms with Gasteiger partial charge < -0.3 is 4.57 Å². The first kappa shape index (κ1) is 24.8. The molecule has 44 heavy (non-hydrogen) atoms. The van der Waals surface area contributed by atoms with E-state index in [9.17, 15) is 0 Å². The predicted octanol–water partition coefficient (Wildman–Crippen LogP) is 9.60. The van der Waals surface area contributed by atoms with Crippen LogP contribution in [0.4, 0.5) is 0 Å². The molecule has 0 radical (unpaired) electrons. The van der Waals surface area contributed by atoms with Gasteiger partial charge in [0.05, 0.1) is 22.0 Å². The van der Waals surface area contributed by atoms with Gasteiger partial charge in [0.25, 0.3) is 0 Å². The number of hydrogen-bond donors (Lipinski definition) is 0. The fraction of sp³-hybridized carbons (Fsp3) is 0.0244. The average molecular weight is 562 g/mol. The lowest BCUT2D eigenvalue weighted by Gasteiger charge is -2.33. The van der Waals surface area contributed by atoms with Crippen molar-refractivity contribution in [1.82, 2.24) is 14.5 Å². The molecule has 5 aromatic carbocycles. The Balaban J connectivity index is 1.40. The van der Waals surface area contributed by atoms with Crippen LogP contribution in [0.15, 0.2) is 164 Å². The first-order valence-electron chi connectivity index (χ1n) is 15.0. The molecule has 0 saturated heterocycles. The smallest absolute Gasteiger partial charge is 0.0963 e. The molecule has 9 rings (SSSR count). The van der Waals surface area contributed by atoms with E-state index in [0.29, 0.717) is 0 Å². The van der Waals surface area contributed by atoms with Gasteiger partial charge in [-0.05, 0) is 81.4 Å². The minimum Gasteiger partial charge on any atom is -0.308 e. The topological polar surface area (TPSA) is 30.7 Å². The molecule has 3 heterocycles. The quantitative estimate of drug-likeness (QED) is 0.214. The number of pyridine rings is 2. The second-order valence-corrected chi connectivity index (χ2v) is 11.4. The third-order valence-corrected chi connectivity index (χ3v) is 9.20. The molecular formula is C41H27N3. The fourth-order valence-electron chi connectivity index (χ4n) is 7.40. The van der Waals surface area contributed by atoms with Crippen LogP contribution in [0.3, 0.4) is 0 Å². The van der Waals surface area contributed by atoms with E-state index < -0.39 is 5.41 Å². The summed E-state index contributed by atoms with van der Waals surface area (Å²) >= 11 is 0. The molecule has 0 atom stereocenters. The minimum absolute atomic E-state index is 0.452. The Bertz CT molecular complexity index is 2280. The van der Waals surface area contributed by atoms with Crippen LogP contribution in [0.25, 0.3) is 49.9 Å². The normalized spacial score (nSPS) is 13.2. The Kier molecular flexibility index (Phi) is 5.41. The van der Waals surface area contributed by atoms with E-state index in [4.69, 9.17) is 4.98 Å². The van der Waals surface area contributed by atoms with Crippen LogP contribution in [-0.2, 0) is 5.41 Å². The Hall–Kier alpha value is -5.80. The first-order chi connectivity index (χ1) is 21.8. The van der Waals surface area contributed by atoms with E-state index >= 15 is 0 Å². The molecule has 3 heteroatoms. The van der Waals surface area contributed by atoms with Crippen LogP contribution in [0.5, 0.6) is 0 Å². The van der Waals surface area contributed by atoms with Crippen molar-refractivity contribution in [2.45, 2.75) is 5.41 Å². The molecule has 0 fully saturated rings. The number of hydrogen-bond acceptors (Lipinski definition) is 2. The maximum atomic E-state index is 4.97. The fourth-order valence-corrected chi connectivity index (χ4v) is 7.40. The van der Waals surface area contributed by atoms with Crippen molar-refractivity contribution in [3.63, 3.8) is 0 Å². The molecule has 0 saturated carbocycles. The van der Waals surface area contributed by atoms with Crippen molar-refractivity contribution in [3.05, 3.63) is 186 Å². The van der Waals surface area contributed by atoms with Gasteiger partial charge in [0.15, 0.2) is 0 Å². The maximum absolute atomic E-state index is 4.97. The van der Waals surface area contributed by atoms with Crippen molar-refractivity contribution >= 4 is 21.9 Å². The summed E-state index contributed by atoms with van der Waals surface area (Å²) in [5.74, 6) is 0. The highest BCUT2D eigenvalue weighted by Crippen LogP contribution is 2.57. The van der Waals surface area contributed by atoms with Gasteiger partial charge in [-0.3, -0.25) is 9.97 Å². The molecule has 0 amide bonds. The zero-order chi connectivity index (χ0) is 29.1. The molecule has 8 aromatic rings. The van der Waals surface area contributed by atoms with Crippen molar-refractivity contribution in [2.75, 3.05) is 0 Å². The second-order valence-electron chi connectivity index (χ2n) is 11.4. The van der Waals surface area contributed by atoms with Gasteiger partial charge in [0.2, 0.25) is 0 Å². The van der Waals surface area contributed by atoms with Gasteiger partial charge in [0.1, 0.15) is 0 Å². The molecule has 0 N–H and O–H groups in total. The average Bonchev–Trinajstić information content (AvgIpc) is 3.59. The number of benzene rings is 5. The molecule has 206 valence electrons. The van der Waals surface area contributed by atoms with Crippen LogP contribution in [0.1, 0.15) is 22.3 Å². The van der Waals surface area contributed by atoms with Gasteiger partial charge >= 0.3 is 0 Å². The maximum Gasteiger partial charge on any atom is 0.0963 e. The van der Waals surface area contributed by atoms with Crippen LogP contribution < -0.4 is 0 Å². The number of nitrogens with zero attached hydrogens (tertiary/aromatic N) is 3. The molecule has 3 aromatic heterocycles. The van der Waals surface area contributed by atoms with Gasteiger partial charge in [-0.15, -0.1) is 0 Å². The zero-order valence-corrected chi connectivity index (χ0v) is 23.9. The second kappa shape index (κ2) is 9.62. The summed E-state index contributed by atoms with van der Waals surface area (Å²) in [7, 11) is 0. The number of aromatic nitrogens is 3. The summed E-state index contributed by atoms with van der Waals surface area (Å²) in [6.07, 6.45) is 5.64. The van der Waals surface area contributed by atoms with Crippen molar-refractivity contribution in [1.29, 1.82) is 0 Å². The largest absolute Gasteiger partial charge is 0.308 e. The highest BCUT2D eigenvalue weighted by atomic mass is 15.0. The van der Waals surface area contributed by atoms with Gasteiger partial charge in [0, 0.05) is 35.2 Å². The highest BCUT2D eigenvalue weighted by Gasteiger charge is 2.46. The Labute approximate surface area is 255 Å². The zero-order valence-electron chi connectivity index (χ0n) is 23.9. The summed E-state index contributed by atoms with van der Waals surface area (Å²) in [5, 5.41) is 1.15. The first-order valence-corrected chi connectivity index (χ1v) is 15.0. The summed E-state index contributed by atoms with van der Waals surface area (Å²) in [4.78, 5) is 9.33. The van der Waals surface area contributed by atoms with Crippen molar-refractivity contribution in [2.24, 2.45) is 0 Å². The van der Waals surface area contributed by atoms with Crippen molar-refractivity contribution in [3.8, 4) is 27.9 Å². The number of rotatable bonds is 4. The van der Waals surface area contributed by atoms with Crippen LogP contribution in [-0.4, -0.2) is 14.5 Å². The van der Waals surface area contributed by atoms with Gasteiger partial charge in [-0.1, -0.05) is 103 Å². The SMILES string of the molecule is c1ccc(C2(c3ccccc3)c3ccccc3-c3cc4c(cc32)c2ncccc2n4-c2cccc(-c3cccnc3)c2)cc1. The van der Waals surface area contributed by atoms with E-state index in [1.54, 1.807) is 0 Å². The highest BCUT2D eigenvalue weighted by molar-refractivity contribution is 6.10. The van der Waals surface area contributed by atoms with Gasteiger partial charge in [-0.2, -0.15) is 0 Å². The predicted molar refractivity (Wildman–Crippen MR) is 179 cm³/mol. The van der Waals surface area contributed by atoms with E-state index in [1.807, 2.05) is 30.7 Å². The Morgan fingerprint density at radius 2 is 1.23 bits per heavy atom. The summed E-state index contributed by atoms with van der Waals surface area (Å²) in [6.45, 7) is 0. The molecule has 1 aliphatic rings. The van der Waals surface area contributed by atoms with E-state index in [0.717, 1.165) is 38.8 Å². The molecule has 0 bridgehead atoms. The Morgan fingerprint density at radius 1 is 0.500 bits per heavy atom. The molecule has 0 unspecified atom stereocenters. The third-order valence-electron chi connectivity index (χ3n) is 9.20. The molecule has 3 nitrogen and oxygen atoms in total. The van der Waals surface area contributed by atoms with E-state index in [2.05, 4.69) is 143 Å². The molecule has 0 aliphatic heterocycles. The van der Waals surface area contributed by atoms with Gasteiger partial charge in [-0.25, -0.2) is 0 Å². The lowest BCUT2D eigenvalue weighted by atomic mass is 9.67. The van der Waals surface area contributed by atoms with E-state index in [1.165, 1.54) is 33.4 Å². The van der Waals surface area contributed by atoms with Crippen LogP contribution in [0, 0.1) is 0 Å².